The number of halogens is 3. The van der Waals surface area contributed by atoms with Crippen LogP contribution in [0.1, 0.15) is 22.3 Å². The van der Waals surface area contributed by atoms with Gasteiger partial charge in [0.05, 0.1) is 30.8 Å². The summed E-state index contributed by atoms with van der Waals surface area (Å²) in [6.45, 7) is 16.9. The molecule has 0 atom stereocenters. The van der Waals surface area contributed by atoms with Crippen molar-refractivity contribution in [2.75, 3.05) is 0 Å². The van der Waals surface area contributed by atoms with Gasteiger partial charge in [-0.15, -0.1) is 13.2 Å². The summed E-state index contributed by atoms with van der Waals surface area (Å²) in [5, 5.41) is 19.1. The lowest BCUT2D eigenvalue weighted by atomic mass is 9.92. The second kappa shape index (κ2) is 13.1. The Bertz CT molecular complexity index is 2580. The van der Waals surface area contributed by atoms with Gasteiger partial charge in [0.2, 0.25) is 0 Å². The van der Waals surface area contributed by atoms with E-state index in [1.165, 1.54) is 6.07 Å². The van der Waals surface area contributed by atoms with Crippen molar-refractivity contribution in [1.82, 2.24) is 0 Å². The van der Waals surface area contributed by atoms with Crippen LogP contribution < -0.4 is 4.74 Å². The van der Waals surface area contributed by atoms with Gasteiger partial charge in [-0.05, 0) is 104 Å². The minimum absolute atomic E-state index is 0.187. The third-order valence-corrected chi connectivity index (χ3v) is 9.06. The Balaban J connectivity index is 1.37. The molecule has 6 aromatic carbocycles. The predicted molar refractivity (Wildman–Crippen MR) is 194 cm³/mol. The topological polar surface area (TPSA) is 65.5 Å². The molecule has 0 amide bonds. The molecule has 0 spiro atoms. The average Bonchev–Trinajstić information content (AvgIpc) is 3.45. The van der Waals surface area contributed by atoms with E-state index in [4.69, 9.17) is 18.4 Å². The lowest BCUT2D eigenvalue weighted by Gasteiger charge is -2.17. The summed E-state index contributed by atoms with van der Waals surface area (Å²) in [7, 11) is 0. The van der Waals surface area contributed by atoms with E-state index in [2.05, 4.69) is 20.5 Å². The summed E-state index contributed by atoms with van der Waals surface area (Å²) in [5.41, 5.74) is 10.1. The van der Waals surface area contributed by atoms with Gasteiger partial charge in [0.1, 0.15) is 5.75 Å². The molecular weight excluding hydrogens is 658 g/mol. The van der Waals surface area contributed by atoms with Gasteiger partial charge in [-0.3, -0.25) is 0 Å². The minimum Gasteiger partial charge on any atom is -0.405 e. The number of alkyl halides is 3. The predicted octanol–water partition coefficient (Wildman–Crippen LogP) is 12.2. The van der Waals surface area contributed by atoms with Crippen molar-refractivity contribution >= 4 is 11.3 Å². The Hall–Kier alpha value is -7.39. The van der Waals surface area contributed by atoms with Crippen molar-refractivity contribution in [1.29, 1.82) is 10.5 Å². The Labute approximate surface area is 298 Å². The molecular formula is C44H23F3N4O. The number of nitriles is 2. The fraction of sp³-hybridized carbons (Fsp3) is 0.0455. The molecule has 8 heteroatoms. The van der Waals surface area contributed by atoms with E-state index in [0.717, 1.165) is 38.9 Å². The minimum atomic E-state index is -5.01. The third-order valence-electron chi connectivity index (χ3n) is 9.06. The molecule has 0 N–H and O–H groups in total. The van der Waals surface area contributed by atoms with Crippen molar-refractivity contribution in [3.63, 3.8) is 0 Å². The number of allylic oxidation sites excluding steroid dienone is 1. The quantitative estimate of drug-likeness (QED) is 0.134. The van der Waals surface area contributed by atoms with Crippen molar-refractivity contribution in [2.24, 2.45) is 0 Å². The highest BCUT2D eigenvalue weighted by atomic mass is 19.4. The van der Waals surface area contributed by atoms with Crippen molar-refractivity contribution < 1.29 is 17.9 Å². The van der Waals surface area contributed by atoms with Crippen LogP contribution >= 0.6 is 0 Å². The van der Waals surface area contributed by atoms with Crippen LogP contribution in [0.2, 0.25) is 0 Å². The van der Waals surface area contributed by atoms with E-state index in [0.29, 0.717) is 39.1 Å². The molecule has 7 rings (SSSR count). The van der Waals surface area contributed by atoms with Crippen LogP contribution in [0.4, 0.5) is 18.9 Å². The highest BCUT2D eigenvalue weighted by Crippen LogP contribution is 2.52. The highest BCUT2D eigenvalue weighted by Gasteiger charge is 2.35. The molecule has 0 aromatic heterocycles. The number of hydrogen-bond donors (Lipinski definition) is 0. The van der Waals surface area contributed by atoms with E-state index in [1.807, 2.05) is 61.5 Å². The summed E-state index contributed by atoms with van der Waals surface area (Å²) < 4.78 is 46.2. The molecule has 0 unspecified atom stereocenters. The van der Waals surface area contributed by atoms with Gasteiger partial charge in [-0.1, -0.05) is 91.0 Å². The molecule has 6 aromatic rings. The second-order valence-corrected chi connectivity index (χ2v) is 12.1. The van der Waals surface area contributed by atoms with Crippen LogP contribution in [0.15, 0.2) is 127 Å². The van der Waals surface area contributed by atoms with Crippen LogP contribution in [0.3, 0.4) is 0 Å². The van der Waals surface area contributed by atoms with Gasteiger partial charge in [0, 0.05) is 11.1 Å². The Kier molecular flexibility index (Phi) is 8.37. The van der Waals surface area contributed by atoms with Crippen LogP contribution in [0.25, 0.3) is 70.9 Å². The van der Waals surface area contributed by atoms with Crippen molar-refractivity contribution in [3.05, 3.63) is 172 Å². The fourth-order valence-corrected chi connectivity index (χ4v) is 6.58. The number of nitrogens with zero attached hydrogens (tertiary/aromatic N) is 4. The summed E-state index contributed by atoms with van der Waals surface area (Å²) in [5.74, 6) is -0.457. The molecule has 1 aliphatic carbocycles. The lowest BCUT2D eigenvalue weighted by molar-refractivity contribution is -0.274. The zero-order chi connectivity index (χ0) is 36.6. The fourth-order valence-electron chi connectivity index (χ4n) is 6.58. The van der Waals surface area contributed by atoms with E-state index in [1.54, 1.807) is 66.7 Å². The van der Waals surface area contributed by atoms with E-state index in [9.17, 15) is 18.4 Å². The van der Waals surface area contributed by atoms with E-state index < -0.39 is 12.1 Å². The molecule has 0 bridgehead atoms. The third kappa shape index (κ3) is 6.14. The van der Waals surface area contributed by atoms with Crippen LogP contribution in [-0.4, -0.2) is 6.36 Å². The van der Waals surface area contributed by atoms with Gasteiger partial charge in [0.25, 0.3) is 5.70 Å². The Morgan fingerprint density at radius 1 is 0.596 bits per heavy atom. The zero-order valence-electron chi connectivity index (χ0n) is 27.4. The molecule has 246 valence electrons. The highest BCUT2D eigenvalue weighted by molar-refractivity contribution is 6.06. The molecule has 0 aliphatic heterocycles. The summed E-state index contributed by atoms with van der Waals surface area (Å²) in [4.78, 5) is 6.90. The standard InChI is InChI=1S/C44H23F3N4O/c1-26-20-39-37(21-35(26)32-12-8-30(9-13-32)31-16-18-34(50-2)19-17-31)38-22-36(33-14-10-29(11-15-33)28-6-4-27(24-48)5-7-28)42(52-44(45,46)47)23-40(38)43(39)41(25-49)51-3/h4-23H,1H3/b43-41+. The number of aryl methyl sites for hydroxylation is 1. The molecule has 0 saturated carbocycles. The van der Waals surface area contributed by atoms with Crippen LogP contribution in [0.5, 0.6) is 5.75 Å². The molecule has 5 nitrogen and oxygen atoms in total. The maximum atomic E-state index is 13.9. The smallest absolute Gasteiger partial charge is 0.405 e. The van der Waals surface area contributed by atoms with Crippen LogP contribution in [-0.2, 0) is 0 Å². The molecule has 0 radical (unpaired) electrons. The molecule has 0 heterocycles. The summed E-state index contributed by atoms with van der Waals surface area (Å²) in [6.07, 6.45) is -5.01. The maximum absolute atomic E-state index is 13.9. The van der Waals surface area contributed by atoms with Gasteiger partial charge in [-0.25, -0.2) is 15.0 Å². The number of hydrogen-bond acceptors (Lipinski definition) is 3. The monoisotopic (exact) mass is 680 g/mol. The first-order valence-electron chi connectivity index (χ1n) is 15.9. The summed E-state index contributed by atoms with van der Waals surface area (Å²) in [6, 6.07) is 40.0. The normalized spacial score (nSPS) is 12.4. The number of fused-ring (bicyclic) bond motifs is 3. The SMILES string of the molecule is [C-]#[N+]/C(C#N)=C1\c2cc(C)c(-c3ccc(-c4ccc([N+]#[C-])cc4)cc3)cc2-c2cc(-c3ccc(-c4ccc(C#N)cc4)cc3)c(OC(F)(F)F)cc21. The van der Waals surface area contributed by atoms with Crippen molar-refractivity contribution in [3.8, 4) is 73.5 Å². The van der Waals surface area contributed by atoms with E-state index >= 15 is 0 Å². The summed E-state index contributed by atoms with van der Waals surface area (Å²) >= 11 is 0. The van der Waals surface area contributed by atoms with Gasteiger partial charge >= 0.3 is 6.36 Å². The Morgan fingerprint density at radius 2 is 1.06 bits per heavy atom. The molecule has 1 aliphatic rings. The van der Waals surface area contributed by atoms with E-state index in [-0.39, 0.29) is 16.8 Å². The number of rotatable bonds is 5. The second-order valence-electron chi connectivity index (χ2n) is 12.1. The molecule has 0 saturated heterocycles. The van der Waals surface area contributed by atoms with Crippen molar-refractivity contribution in [2.45, 2.75) is 13.3 Å². The van der Waals surface area contributed by atoms with Gasteiger partial charge in [0.15, 0.2) is 5.69 Å². The molecule has 0 fully saturated rings. The largest absolute Gasteiger partial charge is 0.573 e. The van der Waals surface area contributed by atoms with Gasteiger partial charge in [-0.2, -0.15) is 5.26 Å². The average molecular weight is 681 g/mol. The zero-order valence-corrected chi connectivity index (χ0v) is 27.4. The maximum Gasteiger partial charge on any atom is 0.573 e. The van der Waals surface area contributed by atoms with Gasteiger partial charge < -0.3 is 4.74 Å². The molecule has 52 heavy (non-hydrogen) atoms. The number of benzene rings is 6. The first-order valence-corrected chi connectivity index (χ1v) is 15.9. The first kappa shape index (κ1) is 33.1. The number of ether oxygens (including phenoxy) is 1. The lowest BCUT2D eigenvalue weighted by Crippen LogP contribution is -2.17. The van der Waals surface area contributed by atoms with Crippen LogP contribution in [0, 0.1) is 42.7 Å². The Morgan fingerprint density at radius 3 is 1.54 bits per heavy atom. The first-order chi connectivity index (χ1) is 25.1.